The zero-order valence-electron chi connectivity index (χ0n) is 16.6. The number of carbonyl (C=O) groups is 2. The van der Waals surface area contributed by atoms with Gasteiger partial charge in [-0.1, -0.05) is 18.2 Å². The van der Waals surface area contributed by atoms with E-state index in [1.807, 2.05) is 31.2 Å². The summed E-state index contributed by atoms with van der Waals surface area (Å²) in [5.74, 6) is 0.0384. The lowest BCUT2D eigenvalue weighted by Crippen LogP contribution is -2.50. The lowest BCUT2D eigenvalue weighted by Gasteiger charge is -2.34. The van der Waals surface area contributed by atoms with E-state index < -0.39 is 5.97 Å². The summed E-state index contributed by atoms with van der Waals surface area (Å²) in [7, 11) is 3.27. The van der Waals surface area contributed by atoms with Crippen molar-refractivity contribution in [2.45, 2.75) is 13.0 Å². The zero-order chi connectivity index (χ0) is 20.5. The molecule has 1 aromatic rings. The van der Waals surface area contributed by atoms with Crippen LogP contribution in [-0.4, -0.2) is 86.4 Å². The van der Waals surface area contributed by atoms with Crippen LogP contribution in [0.4, 0.5) is 0 Å². The van der Waals surface area contributed by atoms with Gasteiger partial charge in [0.15, 0.2) is 18.1 Å². The van der Waals surface area contributed by atoms with Crippen molar-refractivity contribution in [3.05, 3.63) is 29.8 Å². The third kappa shape index (κ3) is 6.54. The van der Waals surface area contributed by atoms with Crippen LogP contribution in [0.25, 0.3) is 6.08 Å². The van der Waals surface area contributed by atoms with Crippen molar-refractivity contribution in [1.82, 2.24) is 9.80 Å². The summed E-state index contributed by atoms with van der Waals surface area (Å²) in [5.41, 5.74) is 0.986. The molecule has 1 heterocycles. The molecule has 0 bridgehead atoms. The van der Waals surface area contributed by atoms with Gasteiger partial charge in [-0.25, -0.2) is 0 Å². The zero-order valence-corrected chi connectivity index (χ0v) is 16.6. The Morgan fingerprint density at radius 2 is 2.18 bits per heavy atom. The topological polar surface area (TPSA) is 88.5 Å². The molecule has 1 saturated heterocycles. The van der Waals surface area contributed by atoms with Crippen LogP contribution >= 0.6 is 0 Å². The maximum Gasteiger partial charge on any atom is 0.317 e. The van der Waals surface area contributed by atoms with Crippen LogP contribution in [0.3, 0.4) is 0 Å². The van der Waals surface area contributed by atoms with Crippen molar-refractivity contribution in [2.24, 2.45) is 0 Å². The number of carboxylic acid groups (broad SMARTS) is 1. The molecule has 1 aliphatic heterocycles. The van der Waals surface area contributed by atoms with E-state index in [-0.39, 0.29) is 25.2 Å². The number of methoxy groups -OCH3 is 1. The van der Waals surface area contributed by atoms with Crippen molar-refractivity contribution >= 4 is 18.0 Å². The number of aliphatic carboxylic acids is 1. The summed E-state index contributed by atoms with van der Waals surface area (Å²) in [5, 5.41) is 8.84. The summed E-state index contributed by atoms with van der Waals surface area (Å²) < 4.78 is 16.7. The number of nitrogens with zero attached hydrogens (tertiary/aromatic N) is 2. The summed E-state index contributed by atoms with van der Waals surface area (Å²) >= 11 is 0. The third-order valence-electron chi connectivity index (χ3n) is 4.31. The molecule has 0 aliphatic carbocycles. The first kappa shape index (κ1) is 21.7. The minimum atomic E-state index is -0.894. The molecule has 28 heavy (non-hydrogen) atoms. The highest BCUT2D eigenvalue weighted by atomic mass is 16.5. The highest BCUT2D eigenvalue weighted by Crippen LogP contribution is 2.28. The Hall–Kier alpha value is -2.58. The van der Waals surface area contributed by atoms with Crippen LogP contribution in [0, 0.1) is 0 Å². The molecule has 1 aromatic carbocycles. The minimum absolute atomic E-state index is 0.0695. The summed E-state index contributed by atoms with van der Waals surface area (Å²) in [6.07, 6.45) is 3.66. The molecule has 154 valence electrons. The molecule has 0 radical (unpaired) electrons. The number of ether oxygens (including phenoxy) is 3. The van der Waals surface area contributed by atoms with Crippen LogP contribution in [0.5, 0.6) is 11.5 Å². The van der Waals surface area contributed by atoms with Gasteiger partial charge < -0.3 is 24.2 Å². The van der Waals surface area contributed by atoms with E-state index in [9.17, 15) is 9.59 Å². The van der Waals surface area contributed by atoms with Crippen LogP contribution < -0.4 is 9.47 Å². The Bertz CT molecular complexity index is 706. The third-order valence-corrected chi connectivity index (χ3v) is 4.31. The van der Waals surface area contributed by atoms with Gasteiger partial charge in [-0.05, 0) is 31.7 Å². The maximum absolute atomic E-state index is 12.5. The van der Waals surface area contributed by atoms with E-state index in [1.54, 1.807) is 30.0 Å². The minimum Gasteiger partial charge on any atom is -0.493 e. The molecule has 0 spiro atoms. The van der Waals surface area contributed by atoms with Gasteiger partial charge in [-0.15, -0.1) is 0 Å². The van der Waals surface area contributed by atoms with Crippen LogP contribution in [0.1, 0.15) is 12.5 Å². The second-order valence-corrected chi connectivity index (χ2v) is 6.62. The average Bonchev–Trinajstić information content (AvgIpc) is 2.66. The number of likely N-dealkylation sites (N-methyl/N-ethyl adjacent to an activating group) is 1. The van der Waals surface area contributed by atoms with Gasteiger partial charge in [0, 0.05) is 19.6 Å². The van der Waals surface area contributed by atoms with E-state index >= 15 is 0 Å². The highest BCUT2D eigenvalue weighted by molar-refractivity contribution is 5.78. The number of hydrogen-bond donors (Lipinski definition) is 1. The number of hydrogen-bond acceptors (Lipinski definition) is 6. The lowest BCUT2D eigenvalue weighted by molar-refractivity contribution is -0.143. The largest absolute Gasteiger partial charge is 0.493 e. The Kier molecular flexibility index (Phi) is 8.28. The predicted octanol–water partition coefficient (Wildman–Crippen LogP) is 1.35. The quantitative estimate of drug-likeness (QED) is 0.679. The van der Waals surface area contributed by atoms with E-state index in [0.29, 0.717) is 37.7 Å². The molecule has 8 heteroatoms. The summed E-state index contributed by atoms with van der Waals surface area (Å²) in [6, 6.07) is 5.53. The monoisotopic (exact) mass is 392 g/mol. The fraction of sp³-hybridized carbons (Fsp3) is 0.500. The second kappa shape index (κ2) is 10.7. The standard InChI is InChI=1S/C20H28N2O6/c1-4-5-15-6-7-17(18(10-15)26-3)28-14-19(23)22-8-9-27-16(12-22)11-21(2)13-20(24)25/h4-7,10,16H,8-9,11-14H2,1-3H3,(H,24,25)/b5-4+. The Morgan fingerprint density at radius 1 is 1.39 bits per heavy atom. The van der Waals surface area contributed by atoms with Crippen LogP contribution in [-0.2, 0) is 14.3 Å². The van der Waals surface area contributed by atoms with Crippen molar-refractivity contribution < 1.29 is 28.9 Å². The van der Waals surface area contributed by atoms with Crippen LogP contribution in [0.15, 0.2) is 24.3 Å². The first-order chi connectivity index (χ1) is 13.4. The predicted molar refractivity (Wildman–Crippen MR) is 105 cm³/mol. The molecule has 1 unspecified atom stereocenters. The fourth-order valence-corrected chi connectivity index (χ4v) is 3.03. The SMILES string of the molecule is C/C=C/c1ccc(OCC(=O)N2CCOC(CN(C)CC(=O)O)C2)c(OC)c1. The molecule has 8 nitrogen and oxygen atoms in total. The maximum atomic E-state index is 12.5. The van der Waals surface area contributed by atoms with Crippen molar-refractivity contribution in [3.8, 4) is 11.5 Å². The van der Waals surface area contributed by atoms with E-state index in [4.69, 9.17) is 19.3 Å². The molecule has 2 rings (SSSR count). The van der Waals surface area contributed by atoms with E-state index in [1.165, 1.54) is 0 Å². The number of allylic oxidation sites excluding steroid dienone is 1. The van der Waals surface area contributed by atoms with Gasteiger partial charge in [-0.2, -0.15) is 0 Å². The van der Waals surface area contributed by atoms with Gasteiger partial charge >= 0.3 is 5.97 Å². The molecule has 1 N–H and O–H groups in total. The molecule has 0 saturated carbocycles. The first-order valence-electron chi connectivity index (χ1n) is 9.16. The average molecular weight is 392 g/mol. The van der Waals surface area contributed by atoms with Gasteiger partial charge in [-0.3, -0.25) is 14.5 Å². The van der Waals surface area contributed by atoms with E-state index in [2.05, 4.69) is 0 Å². The van der Waals surface area contributed by atoms with E-state index in [0.717, 1.165) is 5.56 Å². The second-order valence-electron chi connectivity index (χ2n) is 6.62. The highest BCUT2D eigenvalue weighted by Gasteiger charge is 2.26. The van der Waals surface area contributed by atoms with Crippen molar-refractivity contribution in [1.29, 1.82) is 0 Å². The molecular formula is C20H28N2O6. The summed E-state index contributed by atoms with van der Waals surface area (Å²) in [4.78, 5) is 26.7. The number of amides is 1. The first-order valence-corrected chi connectivity index (χ1v) is 9.16. The van der Waals surface area contributed by atoms with Gasteiger partial charge in [0.2, 0.25) is 0 Å². The Morgan fingerprint density at radius 3 is 2.86 bits per heavy atom. The number of morpholine rings is 1. The Labute approximate surface area is 165 Å². The van der Waals surface area contributed by atoms with Crippen molar-refractivity contribution in [2.75, 3.05) is 53.6 Å². The molecule has 1 atom stereocenters. The fourth-order valence-electron chi connectivity index (χ4n) is 3.03. The number of carboxylic acids is 1. The Balaban J connectivity index is 1.89. The molecule has 1 amide bonds. The smallest absolute Gasteiger partial charge is 0.317 e. The normalized spacial score (nSPS) is 17.1. The van der Waals surface area contributed by atoms with Crippen LogP contribution in [0.2, 0.25) is 0 Å². The molecule has 1 fully saturated rings. The number of carbonyl (C=O) groups excluding carboxylic acids is 1. The number of rotatable bonds is 9. The molecule has 1 aliphatic rings. The lowest BCUT2D eigenvalue weighted by atomic mass is 10.2. The number of benzene rings is 1. The summed E-state index contributed by atoms with van der Waals surface area (Å²) in [6.45, 7) is 3.51. The van der Waals surface area contributed by atoms with Gasteiger partial charge in [0.25, 0.3) is 5.91 Å². The van der Waals surface area contributed by atoms with Gasteiger partial charge in [0.1, 0.15) is 0 Å². The van der Waals surface area contributed by atoms with Crippen molar-refractivity contribution in [3.63, 3.8) is 0 Å². The molecular weight excluding hydrogens is 364 g/mol. The van der Waals surface area contributed by atoms with Gasteiger partial charge in [0.05, 0.1) is 26.4 Å². The molecule has 0 aromatic heterocycles.